The second kappa shape index (κ2) is 7.51. The van der Waals surface area contributed by atoms with Crippen LogP contribution in [0.4, 0.5) is 0 Å². The summed E-state index contributed by atoms with van der Waals surface area (Å²) in [7, 11) is 0. The summed E-state index contributed by atoms with van der Waals surface area (Å²) in [5.74, 6) is -0.641. The highest BCUT2D eigenvalue weighted by Gasteiger charge is 2.21. The number of primary amides is 1. The third kappa shape index (κ3) is 3.82. The highest BCUT2D eigenvalue weighted by molar-refractivity contribution is 6.36. The van der Waals surface area contributed by atoms with Gasteiger partial charge in [-0.1, -0.05) is 56.1 Å². The number of amides is 1. The second-order valence-corrected chi connectivity index (χ2v) is 8.99. The van der Waals surface area contributed by atoms with Gasteiger partial charge in [0, 0.05) is 10.6 Å². The van der Waals surface area contributed by atoms with Crippen molar-refractivity contribution >= 4 is 40.3 Å². The maximum atomic E-state index is 12.8. The summed E-state index contributed by atoms with van der Waals surface area (Å²) >= 11 is 12.3. The van der Waals surface area contributed by atoms with Gasteiger partial charge in [0.05, 0.1) is 10.7 Å². The maximum Gasteiger partial charge on any atom is 0.332 e. The number of nitrogens with one attached hydrogen (secondary N) is 1. The van der Waals surface area contributed by atoms with Gasteiger partial charge in [0.25, 0.3) is 5.91 Å². The molecule has 0 aliphatic heterocycles. The number of carbonyl (C=O) groups excluding carboxylic acids is 1. The Balaban J connectivity index is 1.99. The summed E-state index contributed by atoms with van der Waals surface area (Å²) in [4.78, 5) is 36.3. The molecule has 3 N–H and O–H groups in total. The summed E-state index contributed by atoms with van der Waals surface area (Å²) in [5, 5.41) is 0.753. The average molecular weight is 456 g/mol. The van der Waals surface area contributed by atoms with Gasteiger partial charge in [-0.25, -0.2) is 19.3 Å². The van der Waals surface area contributed by atoms with Crippen molar-refractivity contribution < 1.29 is 4.79 Å². The smallest absolute Gasteiger partial charge is 0.332 e. The van der Waals surface area contributed by atoms with Crippen LogP contribution in [-0.4, -0.2) is 25.4 Å². The van der Waals surface area contributed by atoms with Gasteiger partial charge in [-0.05, 0) is 41.3 Å². The van der Waals surface area contributed by atoms with Crippen molar-refractivity contribution in [1.82, 2.24) is 19.5 Å². The predicted octanol–water partition coefficient (Wildman–Crippen LogP) is 4.48. The number of halogens is 2. The monoisotopic (exact) mass is 455 g/mol. The van der Waals surface area contributed by atoms with Crippen molar-refractivity contribution in [3.05, 3.63) is 74.3 Å². The Morgan fingerprint density at radius 1 is 1.06 bits per heavy atom. The summed E-state index contributed by atoms with van der Waals surface area (Å²) in [6, 6.07) is 12.4. The molecule has 0 spiro atoms. The molecule has 9 heteroatoms. The van der Waals surface area contributed by atoms with Gasteiger partial charge in [0.15, 0.2) is 17.2 Å². The molecule has 2 heterocycles. The molecule has 0 saturated heterocycles. The van der Waals surface area contributed by atoms with Crippen LogP contribution in [0.1, 0.15) is 36.8 Å². The maximum absolute atomic E-state index is 12.8. The molecule has 2 aromatic carbocycles. The molecular formula is C22H19Cl2N5O2. The van der Waals surface area contributed by atoms with E-state index in [-0.39, 0.29) is 28.1 Å². The lowest BCUT2D eigenvalue weighted by Gasteiger charge is -2.19. The molecule has 0 bridgehead atoms. The van der Waals surface area contributed by atoms with Crippen molar-refractivity contribution in [3.63, 3.8) is 0 Å². The Hall–Kier alpha value is -3.16. The van der Waals surface area contributed by atoms with Crippen LogP contribution < -0.4 is 11.4 Å². The van der Waals surface area contributed by atoms with Gasteiger partial charge in [0.2, 0.25) is 0 Å². The topological polar surface area (TPSA) is 107 Å². The van der Waals surface area contributed by atoms with Crippen LogP contribution in [0, 0.1) is 0 Å². The molecule has 4 aromatic rings. The van der Waals surface area contributed by atoms with E-state index in [0.29, 0.717) is 21.3 Å². The van der Waals surface area contributed by atoms with Crippen LogP contribution in [0.3, 0.4) is 0 Å². The van der Waals surface area contributed by atoms with E-state index in [1.807, 2.05) is 24.3 Å². The first-order chi connectivity index (χ1) is 14.6. The fourth-order valence-corrected chi connectivity index (χ4v) is 3.80. The van der Waals surface area contributed by atoms with Crippen LogP contribution in [0.5, 0.6) is 0 Å². The van der Waals surface area contributed by atoms with E-state index < -0.39 is 11.6 Å². The van der Waals surface area contributed by atoms with Crippen molar-refractivity contribution in [2.75, 3.05) is 0 Å². The molecule has 0 unspecified atom stereocenters. The van der Waals surface area contributed by atoms with E-state index >= 15 is 0 Å². The first-order valence-electron chi connectivity index (χ1n) is 9.45. The van der Waals surface area contributed by atoms with Crippen LogP contribution in [-0.2, 0) is 5.41 Å². The third-order valence-electron chi connectivity index (χ3n) is 4.93. The van der Waals surface area contributed by atoms with Crippen LogP contribution in [0.15, 0.2) is 47.3 Å². The van der Waals surface area contributed by atoms with Crippen molar-refractivity contribution in [1.29, 1.82) is 0 Å². The molecule has 2 aromatic heterocycles. The highest BCUT2D eigenvalue weighted by atomic mass is 35.5. The quantitative estimate of drug-likeness (QED) is 0.474. The van der Waals surface area contributed by atoms with E-state index in [9.17, 15) is 9.59 Å². The number of benzene rings is 2. The third-order valence-corrected chi connectivity index (χ3v) is 5.48. The van der Waals surface area contributed by atoms with Gasteiger partial charge in [-0.2, -0.15) is 0 Å². The SMILES string of the molecule is CC(C)(C)c1ccc(-n2c(=O)[nH]c3c(C(N)=O)nc(-c4ccc(Cl)cc4Cl)nc32)cc1. The molecule has 0 aliphatic carbocycles. The van der Waals surface area contributed by atoms with E-state index in [4.69, 9.17) is 28.9 Å². The number of aromatic nitrogens is 4. The second-order valence-electron chi connectivity index (χ2n) is 8.15. The number of hydrogen-bond donors (Lipinski definition) is 2. The molecule has 0 fully saturated rings. The molecule has 0 radical (unpaired) electrons. The van der Waals surface area contributed by atoms with Gasteiger partial charge < -0.3 is 10.7 Å². The minimum atomic E-state index is -0.796. The average Bonchev–Trinajstić information content (AvgIpc) is 3.02. The number of imidazole rings is 1. The lowest BCUT2D eigenvalue weighted by atomic mass is 9.87. The van der Waals surface area contributed by atoms with E-state index in [1.165, 1.54) is 4.57 Å². The van der Waals surface area contributed by atoms with Gasteiger partial charge >= 0.3 is 5.69 Å². The zero-order chi connectivity index (χ0) is 22.5. The zero-order valence-corrected chi connectivity index (χ0v) is 18.5. The summed E-state index contributed by atoms with van der Waals surface area (Å²) in [6.45, 7) is 6.32. The number of aromatic amines is 1. The Bertz CT molecular complexity index is 1380. The molecule has 158 valence electrons. The molecule has 4 rings (SSSR count). The Labute approximate surface area is 187 Å². The Morgan fingerprint density at radius 2 is 1.74 bits per heavy atom. The molecule has 0 aliphatic rings. The Kier molecular flexibility index (Phi) is 5.11. The number of hydrogen-bond acceptors (Lipinski definition) is 4. The number of carbonyl (C=O) groups is 1. The van der Waals surface area contributed by atoms with Crippen LogP contribution >= 0.6 is 23.2 Å². The largest absolute Gasteiger partial charge is 0.364 e. The lowest BCUT2D eigenvalue weighted by Crippen LogP contribution is -2.16. The molecule has 31 heavy (non-hydrogen) atoms. The van der Waals surface area contributed by atoms with E-state index in [2.05, 4.69) is 35.7 Å². The predicted molar refractivity (Wildman–Crippen MR) is 122 cm³/mol. The van der Waals surface area contributed by atoms with Gasteiger partial charge in [0.1, 0.15) is 5.52 Å². The van der Waals surface area contributed by atoms with Gasteiger partial charge in [-0.15, -0.1) is 0 Å². The van der Waals surface area contributed by atoms with Crippen LogP contribution in [0.25, 0.3) is 28.2 Å². The molecule has 0 atom stereocenters. The van der Waals surface area contributed by atoms with Crippen LogP contribution in [0.2, 0.25) is 10.0 Å². The summed E-state index contributed by atoms with van der Waals surface area (Å²) < 4.78 is 1.38. The zero-order valence-electron chi connectivity index (χ0n) is 17.0. The highest BCUT2D eigenvalue weighted by Crippen LogP contribution is 2.30. The molecular weight excluding hydrogens is 437 g/mol. The normalized spacial score (nSPS) is 11.8. The van der Waals surface area contributed by atoms with Crippen molar-refractivity contribution in [2.24, 2.45) is 5.73 Å². The van der Waals surface area contributed by atoms with Crippen molar-refractivity contribution in [2.45, 2.75) is 26.2 Å². The van der Waals surface area contributed by atoms with Gasteiger partial charge in [-0.3, -0.25) is 4.79 Å². The molecule has 0 saturated carbocycles. The first kappa shape index (κ1) is 21.1. The summed E-state index contributed by atoms with van der Waals surface area (Å²) in [6.07, 6.45) is 0. The van der Waals surface area contributed by atoms with E-state index in [0.717, 1.165) is 5.56 Å². The first-order valence-corrected chi connectivity index (χ1v) is 10.2. The molecule has 7 nitrogen and oxygen atoms in total. The lowest BCUT2D eigenvalue weighted by molar-refractivity contribution is 0.0997. The fourth-order valence-electron chi connectivity index (χ4n) is 3.30. The van der Waals surface area contributed by atoms with E-state index in [1.54, 1.807) is 18.2 Å². The number of rotatable bonds is 3. The number of H-pyrrole nitrogens is 1. The van der Waals surface area contributed by atoms with Crippen molar-refractivity contribution in [3.8, 4) is 17.1 Å². The molecule has 1 amide bonds. The fraction of sp³-hybridized carbons (Fsp3) is 0.182. The Morgan fingerprint density at radius 3 is 2.32 bits per heavy atom. The minimum Gasteiger partial charge on any atom is -0.364 e. The number of nitrogens with zero attached hydrogens (tertiary/aromatic N) is 3. The standard InChI is InChI=1S/C22H19Cl2N5O2/c1-22(2,3)11-4-7-13(8-5-11)29-20-17(27-21(29)31)16(18(25)30)26-19(28-20)14-9-6-12(23)10-15(14)24/h4-10H,1-3H3,(H2,25,30)(H,27,31). The summed E-state index contributed by atoms with van der Waals surface area (Å²) in [5.41, 5.74) is 7.48. The number of fused-ring (bicyclic) bond motifs is 1. The minimum absolute atomic E-state index is 0.0382. The number of nitrogens with two attached hydrogens (primary N) is 1.